The molecule has 0 aromatic carbocycles. The first-order chi connectivity index (χ1) is 6.16. The predicted molar refractivity (Wildman–Crippen MR) is 56.5 cm³/mol. The maximum absolute atomic E-state index is 5.51. The van der Waals surface area contributed by atoms with Crippen LogP contribution in [-0.4, -0.2) is 25.8 Å². The second-order valence-corrected chi connectivity index (χ2v) is 3.22. The fourth-order valence-electron chi connectivity index (χ4n) is 0.841. The van der Waals surface area contributed by atoms with Gasteiger partial charge in [0.25, 0.3) is 0 Å². The van der Waals surface area contributed by atoms with E-state index in [2.05, 4.69) is 17.8 Å². The van der Waals surface area contributed by atoms with Gasteiger partial charge in [-0.05, 0) is 20.3 Å². The quantitative estimate of drug-likeness (QED) is 0.366. The third-order valence-corrected chi connectivity index (χ3v) is 1.59. The van der Waals surface area contributed by atoms with Crippen LogP contribution in [0.25, 0.3) is 0 Å². The number of ether oxygens (including phenoxy) is 1. The number of rotatable bonds is 7. The molecule has 0 heterocycles. The fraction of sp³-hybridized carbons (Fsp3) is 0.636. The largest absolute Gasteiger partial charge is 0.377 e. The SMILES string of the molecule is C#CCNCC(C)OCCC(=C)C. The Morgan fingerprint density at radius 3 is 2.92 bits per heavy atom. The zero-order chi connectivity index (χ0) is 10.1. The van der Waals surface area contributed by atoms with Gasteiger partial charge in [-0.3, -0.25) is 0 Å². The van der Waals surface area contributed by atoms with Crippen molar-refractivity contribution >= 4 is 0 Å². The fourth-order valence-corrected chi connectivity index (χ4v) is 0.841. The first kappa shape index (κ1) is 12.2. The number of hydrogen-bond acceptors (Lipinski definition) is 2. The lowest BCUT2D eigenvalue weighted by molar-refractivity contribution is 0.0690. The van der Waals surface area contributed by atoms with Crippen molar-refractivity contribution in [2.24, 2.45) is 0 Å². The first-order valence-electron chi connectivity index (χ1n) is 4.57. The van der Waals surface area contributed by atoms with E-state index < -0.39 is 0 Å². The van der Waals surface area contributed by atoms with E-state index in [0.717, 1.165) is 25.1 Å². The van der Waals surface area contributed by atoms with Gasteiger partial charge < -0.3 is 10.1 Å². The van der Waals surface area contributed by atoms with Crippen molar-refractivity contribution in [3.63, 3.8) is 0 Å². The summed E-state index contributed by atoms with van der Waals surface area (Å²) in [6.45, 7) is 10.00. The summed E-state index contributed by atoms with van der Waals surface area (Å²) in [4.78, 5) is 0. The van der Waals surface area contributed by atoms with Gasteiger partial charge in [-0.25, -0.2) is 0 Å². The zero-order valence-corrected chi connectivity index (χ0v) is 8.60. The van der Waals surface area contributed by atoms with E-state index in [9.17, 15) is 0 Å². The van der Waals surface area contributed by atoms with Crippen LogP contribution in [0.4, 0.5) is 0 Å². The van der Waals surface area contributed by atoms with Crippen LogP contribution < -0.4 is 5.32 Å². The molecule has 0 amide bonds. The summed E-state index contributed by atoms with van der Waals surface area (Å²) in [5.74, 6) is 2.52. The molecule has 13 heavy (non-hydrogen) atoms. The minimum atomic E-state index is 0.215. The van der Waals surface area contributed by atoms with E-state index >= 15 is 0 Å². The van der Waals surface area contributed by atoms with Crippen LogP contribution in [0, 0.1) is 12.3 Å². The summed E-state index contributed by atoms with van der Waals surface area (Å²) in [6.07, 6.45) is 6.24. The van der Waals surface area contributed by atoms with Crippen LogP contribution in [0.5, 0.6) is 0 Å². The highest BCUT2D eigenvalue weighted by molar-refractivity contribution is 4.88. The normalized spacial score (nSPS) is 12.1. The second kappa shape index (κ2) is 7.85. The molecule has 2 heteroatoms. The lowest BCUT2D eigenvalue weighted by Crippen LogP contribution is -2.27. The van der Waals surface area contributed by atoms with Crippen molar-refractivity contribution in [3.8, 4) is 12.3 Å². The summed E-state index contributed by atoms with van der Waals surface area (Å²) >= 11 is 0. The lowest BCUT2D eigenvalue weighted by atomic mass is 10.2. The van der Waals surface area contributed by atoms with Crippen LogP contribution in [0.2, 0.25) is 0 Å². The summed E-state index contributed by atoms with van der Waals surface area (Å²) in [6, 6.07) is 0. The molecule has 0 spiro atoms. The molecule has 0 radical (unpaired) electrons. The van der Waals surface area contributed by atoms with Gasteiger partial charge in [-0.15, -0.1) is 13.0 Å². The minimum Gasteiger partial charge on any atom is -0.377 e. The predicted octanol–water partition coefficient (Wildman–Crippen LogP) is 1.58. The number of terminal acetylenes is 1. The third-order valence-electron chi connectivity index (χ3n) is 1.59. The number of nitrogens with one attached hydrogen (secondary N) is 1. The summed E-state index contributed by atoms with van der Waals surface area (Å²) < 4.78 is 5.51. The second-order valence-electron chi connectivity index (χ2n) is 3.22. The first-order valence-corrected chi connectivity index (χ1v) is 4.57. The van der Waals surface area contributed by atoms with Crippen LogP contribution in [0.1, 0.15) is 20.3 Å². The van der Waals surface area contributed by atoms with Crippen LogP contribution >= 0.6 is 0 Å². The Morgan fingerprint density at radius 1 is 1.69 bits per heavy atom. The van der Waals surface area contributed by atoms with Crippen molar-refractivity contribution in [1.82, 2.24) is 5.32 Å². The van der Waals surface area contributed by atoms with Gasteiger partial charge in [0, 0.05) is 6.54 Å². The maximum atomic E-state index is 5.51. The highest BCUT2D eigenvalue weighted by atomic mass is 16.5. The van der Waals surface area contributed by atoms with E-state index in [4.69, 9.17) is 11.2 Å². The highest BCUT2D eigenvalue weighted by Crippen LogP contribution is 1.97. The van der Waals surface area contributed by atoms with Gasteiger partial charge in [0.15, 0.2) is 0 Å². The molecule has 1 N–H and O–H groups in total. The molecule has 0 saturated heterocycles. The molecule has 0 aliphatic rings. The van der Waals surface area contributed by atoms with Gasteiger partial charge in [0.05, 0.1) is 19.3 Å². The van der Waals surface area contributed by atoms with E-state index in [-0.39, 0.29) is 6.10 Å². The standard InChI is InChI=1S/C11H19NO/c1-5-7-12-9-11(4)13-8-6-10(2)3/h1,11-12H,2,6-9H2,3-4H3. The van der Waals surface area contributed by atoms with Crippen LogP contribution in [-0.2, 0) is 4.74 Å². The zero-order valence-electron chi connectivity index (χ0n) is 8.60. The Labute approximate surface area is 81.4 Å². The van der Waals surface area contributed by atoms with Gasteiger partial charge in [-0.1, -0.05) is 11.5 Å². The molecular formula is C11H19NO. The van der Waals surface area contributed by atoms with Crippen molar-refractivity contribution in [3.05, 3.63) is 12.2 Å². The molecule has 0 bridgehead atoms. The molecule has 2 nitrogen and oxygen atoms in total. The summed E-state index contributed by atoms with van der Waals surface area (Å²) in [7, 11) is 0. The van der Waals surface area contributed by atoms with E-state index in [1.807, 2.05) is 13.8 Å². The van der Waals surface area contributed by atoms with Gasteiger partial charge in [-0.2, -0.15) is 0 Å². The van der Waals surface area contributed by atoms with E-state index in [0.29, 0.717) is 6.54 Å². The molecule has 74 valence electrons. The van der Waals surface area contributed by atoms with E-state index in [1.54, 1.807) is 0 Å². The maximum Gasteiger partial charge on any atom is 0.0671 e. The Balaban J connectivity index is 3.25. The van der Waals surface area contributed by atoms with Crippen molar-refractivity contribution in [1.29, 1.82) is 0 Å². The smallest absolute Gasteiger partial charge is 0.0671 e. The van der Waals surface area contributed by atoms with Crippen molar-refractivity contribution < 1.29 is 4.74 Å². The highest BCUT2D eigenvalue weighted by Gasteiger charge is 1.99. The summed E-state index contributed by atoms with van der Waals surface area (Å²) in [5, 5.41) is 3.09. The number of hydrogen-bond donors (Lipinski definition) is 1. The minimum absolute atomic E-state index is 0.215. The lowest BCUT2D eigenvalue weighted by Gasteiger charge is -2.12. The molecule has 0 aromatic rings. The monoisotopic (exact) mass is 181 g/mol. The third kappa shape index (κ3) is 9.13. The van der Waals surface area contributed by atoms with Gasteiger partial charge in [0.1, 0.15) is 0 Å². The molecule has 0 aromatic heterocycles. The Bertz CT molecular complexity index is 181. The molecule has 0 rings (SSSR count). The molecular weight excluding hydrogens is 162 g/mol. The van der Waals surface area contributed by atoms with Gasteiger partial charge >= 0.3 is 0 Å². The molecule has 0 aliphatic heterocycles. The molecule has 1 unspecified atom stereocenters. The van der Waals surface area contributed by atoms with Crippen molar-refractivity contribution in [2.75, 3.05) is 19.7 Å². The molecule has 0 aliphatic carbocycles. The topological polar surface area (TPSA) is 21.3 Å². The molecule has 1 atom stereocenters. The van der Waals surface area contributed by atoms with Crippen molar-refractivity contribution in [2.45, 2.75) is 26.4 Å². The molecule has 0 saturated carbocycles. The van der Waals surface area contributed by atoms with Gasteiger partial charge in [0.2, 0.25) is 0 Å². The molecule has 0 fully saturated rings. The Hall–Kier alpha value is -0.780. The Morgan fingerprint density at radius 2 is 2.38 bits per heavy atom. The Kier molecular flexibility index (Phi) is 7.38. The average molecular weight is 181 g/mol. The van der Waals surface area contributed by atoms with Crippen LogP contribution in [0.15, 0.2) is 12.2 Å². The van der Waals surface area contributed by atoms with E-state index in [1.165, 1.54) is 0 Å². The summed E-state index contributed by atoms with van der Waals surface area (Å²) in [5.41, 5.74) is 1.16. The average Bonchev–Trinajstić information content (AvgIpc) is 2.04. The van der Waals surface area contributed by atoms with Crippen LogP contribution in [0.3, 0.4) is 0 Å².